The van der Waals surface area contributed by atoms with Gasteiger partial charge in [-0.1, -0.05) is 0 Å². The Labute approximate surface area is 87.3 Å². The summed E-state index contributed by atoms with van der Waals surface area (Å²) in [5.74, 6) is 0. The highest BCUT2D eigenvalue weighted by Gasteiger charge is 2.33. The van der Waals surface area contributed by atoms with Crippen LogP contribution in [0, 0.1) is 0 Å². The molecule has 0 aromatic carbocycles. The van der Waals surface area contributed by atoms with Gasteiger partial charge in [0, 0.05) is 25.0 Å². The maximum absolute atomic E-state index is 10.9. The van der Waals surface area contributed by atoms with Crippen molar-refractivity contribution in [2.24, 2.45) is 5.73 Å². The summed E-state index contributed by atoms with van der Waals surface area (Å²) in [6.07, 6.45) is 3.30. The number of carboxylic acid groups (broad SMARTS) is 1. The van der Waals surface area contributed by atoms with Gasteiger partial charge in [-0.25, -0.2) is 4.79 Å². The lowest BCUT2D eigenvalue weighted by Gasteiger charge is -2.20. The monoisotopic (exact) mass is 210 g/mol. The Balaban J connectivity index is 2.04. The summed E-state index contributed by atoms with van der Waals surface area (Å²) < 4.78 is 1.73. The topological polar surface area (TPSA) is 84.4 Å². The van der Waals surface area contributed by atoms with Crippen molar-refractivity contribution in [3.8, 4) is 0 Å². The molecule has 0 aliphatic carbocycles. The fourth-order valence-electron chi connectivity index (χ4n) is 1.98. The van der Waals surface area contributed by atoms with Gasteiger partial charge in [0.25, 0.3) is 0 Å². The van der Waals surface area contributed by atoms with E-state index in [0.29, 0.717) is 19.5 Å². The van der Waals surface area contributed by atoms with E-state index in [9.17, 15) is 4.79 Å². The first-order valence-corrected chi connectivity index (χ1v) is 4.89. The van der Waals surface area contributed by atoms with Crippen molar-refractivity contribution in [1.82, 2.24) is 14.7 Å². The molecule has 6 heteroatoms. The third kappa shape index (κ3) is 2.10. The van der Waals surface area contributed by atoms with Crippen LogP contribution in [0.15, 0.2) is 18.5 Å². The predicted molar refractivity (Wildman–Crippen MR) is 53.3 cm³/mol. The summed E-state index contributed by atoms with van der Waals surface area (Å²) in [7, 11) is 0. The van der Waals surface area contributed by atoms with Crippen LogP contribution in [0.1, 0.15) is 6.42 Å². The number of aromatic nitrogens is 2. The maximum Gasteiger partial charge on any atom is 0.407 e. The first-order chi connectivity index (χ1) is 7.16. The molecule has 1 fully saturated rings. The zero-order valence-corrected chi connectivity index (χ0v) is 8.28. The second kappa shape index (κ2) is 3.90. The molecule has 15 heavy (non-hydrogen) atoms. The average molecular weight is 210 g/mol. The molecule has 0 bridgehead atoms. The van der Waals surface area contributed by atoms with Gasteiger partial charge in [-0.2, -0.15) is 5.10 Å². The van der Waals surface area contributed by atoms with Crippen LogP contribution in [0.4, 0.5) is 4.79 Å². The van der Waals surface area contributed by atoms with Crippen LogP contribution in [0.25, 0.3) is 0 Å². The fraction of sp³-hybridized carbons (Fsp3) is 0.556. The number of likely N-dealkylation sites (tertiary alicyclic amines) is 1. The molecule has 3 N–H and O–H groups in total. The van der Waals surface area contributed by atoms with Crippen molar-refractivity contribution in [3.63, 3.8) is 0 Å². The first-order valence-electron chi connectivity index (χ1n) is 4.89. The lowest BCUT2D eigenvalue weighted by atomic mass is 10.2. The van der Waals surface area contributed by atoms with E-state index in [1.807, 2.05) is 12.3 Å². The molecule has 0 spiro atoms. The minimum Gasteiger partial charge on any atom is -0.465 e. The third-order valence-corrected chi connectivity index (χ3v) is 2.65. The van der Waals surface area contributed by atoms with Crippen molar-refractivity contribution < 1.29 is 9.90 Å². The first kappa shape index (κ1) is 9.97. The van der Waals surface area contributed by atoms with E-state index in [1.54, 1.807) is 10.9 Å². The largest absolute Gasteiger partial charge is 0.465 e. The Morgan fingerprint density at radius 3 is 3.07 bits per heavy atom. The molecule has 82 valence electrons. The summed E-state index contributed by atoms with van der Waals surface area (Å²) in [4.78, 5) is 12.3. The summed E-state index contributed by atoms with van der Waals surface area (Å²) in [5, 5.41) is 13.0. The Hall–Kier alpha value is -1.56. The molecule has 2 rings (SSSR count). The fourth-order valence-corrected chi connectivity index (χ4v) is 1.98. The van der Waals surface area contributed by atoms with Crippen molar-refractivity contribution in [1.29, 1.82) is 0 Å². The highest BCUT2D eigenvalue weighted by molar-refractivity contribution is 5.66. The molecule has 6 nitrogen and oxygen atoms in total. The number of rotatable bonds is 2. The molecule has 1 aromatic rings. The molecule has 1 aliphatic rings. The molecule has 0 saturated carbocycles. The second-order valence-electron chi connectivity index (χ2n) is 3.81. The van der Waals surface area contributed by atoms with E-state index in [2.05, 4.69) is 5.10 Å². The van der Waals surface area contributed by atoms with Gasteiger partial charge in [0.2, 0.25) is 0 Å². The summed E-state index contributed by atoms with van der Waals surface area (Å²) in [5.41, 5.74) is 5.75. The van der Waals surface area contributed by atoms with Crippen LogP contribution < -0.4 is 5.73 Å². The number of hydrogen-bond donors (Lipinski definition) is 2. The maximum atomic E-state index is 10.9. The van der Waals surface area contributed by atoms with Crippen molar-refractivity contribution in [3.05, 3.63) is 18.5 Å². The lowest BCUT2D eigenvalue weighted by Crippen LogP contribution is -2.37. The zero-order valence-electron chi connectivity index (χ0n) is 8.28. The van der Waals surface area contributed by atoms with Gasteiger partial charge in [0.15, 0.2) is 0 Å². The minimum atomic E-state index is -0.903. The van der Waals surface area contributed by atoms with E-state index >= 15 is 0 Å². The van der Waals surface area contributed by atoms with Crippen molar-refractivity contribution >= 4 is 6.09 Å². The van der Waals surface area contributed by atoms with Gasteiger partial charge in [-0.05, 0) is 12.5 Å². The number of amides is 1. The number of hydrogen-bond acceptors (Lipinski definition) is 3. The molecule has 0 radical (unpaired) electrons. The highest BCUT2D eigenvalue weighted by atomic mass is 16.4. The van der Waals surface area contributed by atoms with Gasteiger partial charge >= 0.3 is 6.09 Å². The summed E-state index contributed by atoms with van der Waals surface area (Å²) in [6, 6.07) is 1.71. The van der Waals surface area contributed by atoms with Crippen LogP contribution in [0.5, 0.6) is 0 Å². The Morgan fingerprint density at radius 1 is 1.67 bits per heavy atom. The molecular weight excluding hydrogens is 196 g/mol. The second-order valence-corrected chi connectivity index (χ2v) is 3.81. The van der Waals surface area contributed by atoms with Crippen LogP contribution in [-0.4, -0.2) is 44.5 Å². The van der Waals surface area contributed by atoms with Gasteiger partial charge in [-0.15, -0.1) is 0 Å². The lowest BCUT2D eigenvalue weighted by molar-refractivity contribution is 0.135. The molecule has 1 aliphatic heterocycles. The number of carbonyl (C=O) groups is 1. The average Bonchev–Trinajstić information content (AvgIpc) is 2.75. The van der Waals surface area contributed by atoms with Gasteiger partial charge in [0.05, 0.1) is 12.6 Å². The normalized spacial score (nSPS) is 25.8. The Bertz CT molecular complexity index is 338. The molecule has 1 saturated heterocycles. The third-order valence-electron chi connectivity index (χ3n) is 2.65. The van der Waals surface area contributed by atoms with E-state index in [4.69, 9.17) is 10.8 Å². The zero-order chi connectivity index (χ0) is 10.8. The quantitative estimate of drug-likeness (QED) is 0.717. The van der Waals surface area contributed by atoms with Crippen molar-refractivity contribution in [2.75, 3.05) is 6.54 Å². The number of nitrogens with two attached hydrogens (primary N) is 1. The van der Waals surface area contributed by atoms with Crippen LogP contribution >= 0.6 is 0 Å². The Morgan fingerprint density at radius 2 is 2.47 bits per heavy atom. The minimum absolute atomic E-state index is 0.0540. The van der Waals surface area contributed by atoms with E-state index in [-0.39, 0.29) is 12.1 Å². The molecular formula is C9H14N4O2. The van der Waals surface area contributed by atoms with Crippen LogP contribution in [-0.2, 0) is 6.54 Å². The SMILES string of the molecule is N[C@@H]1C[C@@H](Cn2cccn2)N(C(=O)O)C1. The van der Waals surface area contributed by atoms with E-state index in [0.717, 1.165) is 0 Å². The number of nitrogens with zero attached hydrogens (tertiary/aromatic N) is 3. The highest BCUT2D eigenvalue weighted by Crippen LogP contribution is 2.17. The predicted octanol–water partition coefficient (Wildman–Crippen LogP) is -0.0373. The summed E-state index contributed by atoms with van der Waals surface area (Å²) in [6.45, 7) is 0.994. The molecule has 2 heterocycles. The van der Waals surface area contributed by atoms with Crippen molar-refractivity contribution in [2.45, 2.75) is 25.0 Å². The smallest absolute Gasteiger partial charge is 0.407 e. The van der Waals surface area contributed by atoms with Crippen LogP contribution in [0.2, 0.25) is 0 Å². The molecule has 1 aromatic heterocycles. The van der Waals surface area contributed by atoms with Gasteiger partial charge in [0.1, 0.15) is 0 Å². The van der Waals surface area contributed by atoms with E-state index < -0.39 is 6.09 Å². The van der Waals surface area contributed by atoms with Crippen LogP contribution in [0.3, 0.4) is 0 Å². The Kier molecular flexibility index (Phi) is 2.59. The van der Waals surface area contributed by atoms with E-state index in [1.165, 1.54) is 4.90 Å². The van der Waals surface area contributed by atoms with Gasteiger partial charge in [-0.3, -0.25) is 4.68 Å². The summed E-state index contributed by atoms with van der Waals surface area (Å²) >= 11 is 0. The molecule has 2 atom stereocenters. The molecule has 0 unspecified atom stereocenters. The van der Waals surface area contributed by atoms with Gasteiger partial charge < -0.3 is 15.7 Å². The standard InChI is InChI=1S/C9H14N4O2/c10-7-4-8(13(5-7)9(14)15)6-12-3-1-2-11-12/h1-3,7-8H,4-6,10H2,(H,14,15)/t7-,8+/m1/s1. The molecule has 1 amide bonds.